The van der Waals surface area contributed by atoms with Gasteiger partial charge in [0.2, 0.25) is 10.0 Å². The Balaban J connectivity index is 1.60. The molecule has 3 aromatic rings. The van der Waals surface area contributed by atoms with E-state index in [4.69, 9.17) is 11.6 Å². The van der Waals surface area contributed by atoms with Gasteiger partial charge in [0.05, 0.1) is 17.3 Å². The molecule has 0 amide bonds. The van der Waals surface area contributed by atoms with Crippen molar-refractivity contribution in [2.45, 2.75) is 38.6 Å². The van der Waals surface area contributed by atoms with E-state index >= 15 is 0 Å². The molecule has 0 saturated carbocycles. The summed E-state index contributed by atoms with van der Waals surface area (Å²) in [5.41, 5.74) is 5.21. The second kappa shape index (κ2) is 9.86. The molecule has 0 fully saturated rings. The van der Waals surface area contributed by atoms with Gasteiger partial charge in [-0.2, -0.15) is 5.10 Å². The van der Waals surface area contributed by atoms with Crippen LogP contribution in [0.15, 0.2) is 66.2 Å². The zero-order valence-corrected chi connectivity index (χ0v) is 19.5. The Morgan fingerprint density at radius 1 is 1.06 bits per heavy atom. The molecule has 1 atom stereocenters. The van der Waals surface area contributed by atoms with Gasteiger partial charge in [0.15, 0.2) is 0 Å². The van der Waals surface area contributed by atoms with Crippen molar-refractivity contribution < 1.29 is 8.42 Å². The summed E-state index contributed by atoms with van der Waals surface area (Å²) in [4.78, 5) is 0. The largest absolute Gasteiger partial charge is 0.240 e. The topological polar surface area (TPSA) is 64.0 Å². The molecule has 166 valence electrons. The first-order valence-corrected chi connectivity index (χ1v) is 12.6. The quantitative estimate of drug-likeness (QED) is 0.458. The molecule has 1 aromatic heterocycles. The van der Waals surface area contributed by atoms with Gasteiger partial charge < -0.3 is 0 Å². The molecule has 32 heavy (non-hydrogen) atoms. The molecular formula is C25H26ClN3O2S. The van der Waals surface area contributed by atoms with E-state index in [1.165, 1.54) is 11.6 Å². The minimum Gasteiger partial charge on any atom is -0.240 e. The van der Waals surface area contributed by atoms with Gasteiger partial charge in [-0.1, -0.05) is 54.1 Å². The molecule has 4 rings (SSSR count). The zero-order chi connectivity index (χ0) is 22.6. The van der Waals surface area contributed by atoms with Gasteiger partial charge in [-0.3, -0.25) is 0 Å². The number of halogens is 1. The molecule has 1 aliphatic rings. The predicted molar refractivity (Wildman–Crippen MR) is 131 cm³/mol. The summed E-state index contributed by atoms with van der Waals surface area (Å²) in [5, 5.41) is 6.34. The lowest BCUT2D eigenvalue weighted by molar-refractivity contribution is 0.576. The van der Waals surface area contributed by atoms with E-state index in [2.05, 4.69) is 15.9 Å². The molecule has 1 N–H and O–H groups in total. The summed E-state index contributed by atoms with van der Waals surface area (Å²) in [5.74, 6) is 0. The summed E-state index contributed by atoms with van der Waals surface area (Å²) in [6.45, 7) is 1.83. The maximum atomic E-state index is 12.7. The van der Waals surface area contributed by atoms with Crippen LogP contribution in [0, 0.1) is 0 Å². The number of hydrogen-bond acceptors (Lipinski definition) is 3. The fourth-order valence-corrected chi connectivity index (χ4v) is 5.04. The molecule has 0 unspecified atom stereocenters. The van der Waals surface area contributed by atoms with E-state index in [1.54, 1.807) is 4.68 Å². The molecule has 1 heterocycles. The average Bonchev–Trinajstić information content (AvgIpc) is 3.08. The first-order chi connectivity index (χ1) is 15.4. The number of fused-ring (bicyclic) bond motifs is 1. The van der Waals surface area contributed by atoms with Gasteiger partial charge >= 0.3 is 0 Å². The molecular weight excluding hydrogens is 442 g/mol. The standard InChI is InChI=1S/C25H26ClN3O2S/c1-19(21-7-3-2-4-8-21)28-32(30,31)16-15-29-25-22(9-5-6-10-23(25)18-27-29)17-20-11-13-24(26)14-12-20/h2-4,7-8,11-19,28H,5-6,9-10H2,1H3/t19-/m0/s1. The Morgan fingerprint density at radius 3 is 2.53 bits per heavy atom. The van der Waals surface area contributed by atoms with Gasteiger partial charge in [-0.25, -0.2) is 17.8 Å². The molecule has 1 aliphatic carbocycles. The Kier molecular flexibility index (Phi) is 6.94. The summed E-state index contributed by atoms with van der Waals surface area (Å²) in [6.07, 6.45) is 9.49. The third kappa shape index (κ3) is 5.57. The molecule has 2 aromatic carbocycles. The molecule has 0 saturated heterocycles. The zero-order valence-electron chi connectivity index (χ0n) is 17.9. The normalized spacial score (nSPS) is 16.8. The first kappa shape index (κ1) is 22.5. The molecule has 0 spiro atoms. The summed E-state index contributed by atoms with van der Waals surface area (Å²) in [6, 6.07) is 16.9. The maximum Gasteiger partial charge on any atom is 0.235 e. The Morgan fingerprint density at radius 2 is 1.78 bits per heavy atom. The maximum absolute atomic E-state index is 12.7. The third-order valence-corrected chi connectivity index (χ3v) is 6.96. The minimum atomic E-state index is -3.65. The number of aromatic nitrogens is 2. The number of benzene rings is 2. The van der Waals surface area contributed by atoms with Gasteiger partial charge in [-0.15, -0.1) is 0 Å². The Labute approximate surface area is 194 Å². The molecule has 0 aliphatic heterocycles. The first-order valence-electron chi connectivity index (χ1n) is 10.7. The average molecular weight is 468 g/mol. The Bertz CT molecular complexity index is 1230. The smallest absolute Gasteiger partial charge is 0.235 e. The van der Waals surface area contributed by atoms with Crippen LogP contribution in [-0.4, -0.2) is 18.2 Å². The van der Waals surface area contributed by atoms with Crippen molar-refractivity contribution in [2.24, 2.45) is 0 Å². The SMILES string of the molecule is C[C@H](NS(=O)(=O)C=Cn1ncc2c1C(=Cc1ccc(Cl)cc1)CCCC2)c1ccccc1. The van der Waals surface area contributed by atoms with E-state index in [9.17, 15) is 8.42 Å². The van der Waals surface area contributed by atoms with E-state index in [1.807, 2.05) is 67.7 Å². The van der Waals surface area contributed by atoms with Crippen LogP contribution in [-0.2, 0) is 16.4 Å². The van der Waals surface area contributed by atoms with Crippen LogP contribution in [0.1, 0.15) is 54.6 Å². The van der Waals surface area contributed by atoms with Crippen molar-refractivity contribution in [2.75, 3.05) is 0 Å². The van der Waals surface area contributed by atoms with Gasteiger partial charge in [0, 0.05) is 17.3 Å². The van der Waals surface area contributed by atoms with Crippen molar-refractivity contribution in [1.82, 2.24) is 14.5 Å². The van der Waals surface area contributed by atoms with Crippen LogP contribution in [0.2, 0.25) is 5.02 Å². The number of rotatable bonds is 6. The van der Waals surface area contributed by atoms with Crippen molar-refractivity contribution in [3.63, 3.8) is 0 Å². The third-order valence-electron chi connectivity index (χ3n) is 5.55. The summed E-state index contributed by atoms with van der Waals surface area (Å²) in [7, 11) is -3.65. The second-order valence-corrected chi connectivity index (χ2v) is 10.0. The highest BCUT2D eigenvalue weighted by Gasteiger charge is 2.19. The monoisotopic (exact) mass is 467 g/mol. The van der Waals surface area contributed by atoms with Gasteiger partial charge in [0.25, 0.3) is 0 Å². The van der Waals surface area contributed by atoms with Crippen molar-refractivity contribution in [1.29, 1.82) is 0 Å². The fourth-order valence-electron chi connectivity index (χ4n) is 3.93. The highest BCUT2D eigenvalue weighted by molar-refractivity contribution is 7.92. The summed E-state index contributed by atoms with van der Waals surface area (Å²) >= 11 is 6.02. The summed E-state index contributed by atoms with van der Waals surface area (Å²) < 4.78 is 29.7. The van der Waals surface area contributed by atoms with Crippen LogP contribution in [0.3, 0.4) is 0 Å². The number of sulfonamides is 1. The van der Waals surface area contributed by atoms with E-state index in [0.717, 1.165) is 53.6 Å². The number of allylic oxidation sites excluding steroid dienone is 1. The fraction of sp³-hybridized carbons (Fsp3) is 0.240. The van der Waals surface area contributed by atoms with Gasteiger partial charge in [-0.05, 0) is 73.1 Å². The highest BCUT2D eigenvalue weighted by Crippen LogP contribution is 2.31. The van der Waals surface area contributed by atoms with Crippen molar-refractivity contribution in [3.05, 3.63) is 93.6 Å². The molecule has 7 heteroatoms. The van der Waals surface area contributed by atoms with Crippen LogP contribution in [0.25, 0.3) is 17.8 Å². The number of aryl methyl sites for hydroxylation is 1. The number of nitrogens with one attached hydrogen (secondary N) is 1. The number of hydrogen-bond donors (Lipinski definition) is 1. The Hall–Kier alpha value is -2.67. The van der Waals surface area contributed by atoms with Crippen LogP contribution in [0.5, 0.6) is 0 Å². The second-order valence-electron chi connectivity index (χ2n) is 7.97. The minimum absolute atomic E-state index is 0.332. The lowest BCUT2D eigenvalue weighted by Gasteiger charge is -2.13. The molecule has 0 bridgehead atoms. The van der Waals surface area contributed by atoms with E-state index in [0.29, 0.717) is 5.02 Å². The van der Waals surface area contributed by atoms with E-state index < -0.39 is 10.0 Å². The van der Waals surface area contributed by atoms with Crippen molar-refractivity contribution in [3.8, 4) is 0 Å². The predicted octanol–water partition coefficient (Wildman–Crippen LogP) is 5.91. The molecule has 0 radical (unpaired) electrons. The van der Waals surface area contributed by atoms with Crippen LogP contribution >= 0.6 is 11.6 Å². The lowest BCUT2D eigenvalue weighted by atomic mass is 10.0. The van der Waals surface area contributed by atoms with Crippen LogP contribution < -0.4 is 4.72 Å². The lowest BCUT2D eigenvalue weighted by Crippen LogP contribution is -2.24. The van der Waals surface area contributed by atoms with Crippen LogP contribution in [0.4, 0.5) is 0 Å². The highest BCUT2D eigenvalue weighted by atomic mass is 35.5. The van der Waals surface area contributed by atoms with Gasteiger partial charge in [0.1, 0.15) is 0 Å². The molecule has 5 nitrogen and oxygen atoms in total. The number of nitrogens with zero attached hydrogens (tertiary/aromatic N) is 2. The van der Waals surface area contributed by atoms with Crippen molar-refractivity contribution >= 4 is 39.5 Å². The van der Waals surface area contributed by atoms with E-state index in [-0.39, 0.29) is 6.04 Å².